The highest BCUT2D eigenvalue weighted by atomic mass is 32.1. The number of hydrogen-bond donors (Lipinski definition) is 1. The van der Waals surface area contributed by atoms with Crippen molar-refractivity contribution in [2.45, 2.75) is 52.0 Å². The summed E-state index contributed by atoms with van der Waals surface area (Å²) in [4.78, 5) is 2.92. The zero-order chi connectivity index (χ0) is 11.7. The Balaban J connectivity index is 2.12. The van der Waals surface area contributed by atoms with Crippen molar-refractivity contribution < 1.29 is 0 Å². The molecule has 2 heteroatoms. The molecule has 1 fully saturated rings. The molecule has 2 rings (SSSR count). The Morgan fingerprint density at radius 2 is 2.06 bits per heavy atom. The van der Waals surface area contributed by atoms with Gasteiger partial charge in [0, 0.05) is 21.7 Å². The van der Waals surface area contributed by atoms with Gasteiger partial charge in [-0.2, -0.15) is 0 Å². The molecule has 1 saturated carbocycles. The van der Waals surface area contributed by atoms with E-state index in [1.54, 1.807) is 0 Å². The predicted octanol–water partition coefficient (Wildman–Crippen LogP) is 3.92. The zero-order valence-electron chi connectivity index (χ0n) is 10.6. The highest BCUT2D eigenvalue weighted by Gasteiger charge is 2.31. The van der Waals surface area contributed by atoms with E-state index in [0.29, 0.717) is 12.0 Å². The summed E-state index contributed by atoms with van der Waals surface area (Å²) in [6.07, 6.45) is 3.81. The van der Waals surface area contributed by atoms with Crippen molar-refractivity contribution in [3.8, 4) is 0 Å². The van der Waals surface area contributed by atoms with Crippen molar-refractivity contribution in [2.24, 2.45) is 17.6 Å². The van der Waals surface area contributed by atoms with Crippen LogP contribution in [0.25, 0.3) is 0 Å². The molecule has 1 aliphatic rings. The molecule has 1 aromatic heterocycles. The molecule has 1 aromatic rings. The van der Waals surface area contributed by atoms with Crippen LogP contribution in [0.2, 0.25) is 0 Å². The molecule has 0 spiro atoms. The van der Waals surface area contributed by atoms with Gasteiger partial charge in [0.2, 0.25) is 0 Å². The standard InChI is InChI=1S/C14H23NS/c1-9(2)11-5-6-13(15)12(8-11)14-7-4-10(3)16-14/h4,7,9,11-13H,5-6,8,15H2,1-3H3. The minimum atomic E-state index is 0.382. The van der Waals surface area contributed by atoms with Gasteiger partial charge in [-0.05, 0) is 50.2 Å². The number of aryl methyl sites for hydroxylation is 1. The lowest BCUT2D eigenvalue weighted by molar-refractivity contribution is 0.234. The molecule has 3 unspecified atom stereocenters. The van der Waals surface area contributed by atoms with Crippen molar-refractivity contribution >= 4 is 11.3 Å². The largest absolute Gasteiger partial charge is 0.327 e. The monoisotopic (exact) mass is 237 g/mol. The van der Waals surface area contributed by atoms with Crippen LogP contribution in [0.3, 0.4) is 0 Å². The van der Waals surface area contributed by atoms with Crippen LogP contribution in [-0.2, 0) is 0 Å². The number of nitrogens with two attached hydrogens (primary N) is 1. The molecule has 0 aliphatic heterocycles. The Hall–Kier alpha value is -0.340. The fourth-order valence-electron chi connectivity index (χ4n) is 2.81. The highest BCUT2D eigenvalue weighted by Crippen LogP contribution is 2.40. The number of hydrogen-bond acceptors (Lipinski definition) is 2. The van der Waals surface area contributed by atoms with Crippen molar-refractivity contribution in [3.05, 3.63) is 21.9 Å². The second-order valence-electron chi connectivity index (χ2n) is 5.54. The third kappa shape index (κ3) is 2.49. The van der Waals surface area contributed by atoms with Crippen LogP contribution in [0, 0.1) is 18.8 Å². The minimum absolute atomic E-state index is 0.382. The van der Waals surface area contributed by atoms with Crippen LogP contribution in [0.4, 0.5) is 0 Å². The lowest BCUT2D eigenvalue weighted by Crippen LogP contribution is -2.35. The van der Waals surface area contributed by atoms with Gasteiger partial charge in [-0.3, -0.25) is 0 Å². The molecular weight excluding hydrogens is 214 g/mol. The van der Waals surface area contributed by atoms with Crippen molar-refractivity contribution in [1.82, 2.24) is 0 Å². The minimum Gasteiger partial charge on any atom is -0.327 e. The maximum Gasteiger partial charge on any atom is 0.0116 e. The molecule has 2 N–H and O–H groups in total. The van der Waals surface area contributed by atoms with Crippen LogP contribution < -0.4 is 5.73 Å². The molecule has 1 aliphatic carbocycles. The van der Waals surface area contributed by atoms with Crippen molar-refractivity contribution in [3.63, 3.8) is 0 Å². The Morgan fingerprint density at radius 1 is 1.31 bits per heavy atom. The first-order valence-corrected chi connectivity index (χ1v) is 7.21. The van der Waals surface area contributed by atoms with Gasteiger partial charge in [0.1, 0.15) is 0 Å². The molecule has 0 amide bonds. The van der Waals surface area contributed by atoms with E-state index in [2.05, 4.69) is 32.9 Å². The Bertz CT molecular complexity index is 342. The molecular formula is C14H23NS. The Morgan fingerprint density at radius 3 is 2.62 bits per heavy atom. The van der Waals surface area contributed by atoms with Gasteiger partial charge in [-0.25, -0.2) is 0 Å². The van der Waals surface area contributed by atoms with Crippen molar-refractivity contribution in [2.75, 3.05) is 0 Å². The van der Waals surface area contributed by atoms with Gasteiger partial charge < -0.3 is 5.73 Å². The summed E-state index contributed by atoms with van der Waals surface area (Å²) in [6.45, 7) is 6.87. The van der Waals surface area contributed by atoms with Crippen LogP contribution in [0.15, 0.2) is 12.1 Å². The van der Waals surface area contributed by atoms with E-state index >= 15 is 0 Å². The zero-order valence-corrected chi connectivity index (χ0v) is 11.4. The van der Waals surface area contributed by atoms with E-state index in [9.17, 15) is 0 Å². The van der Waals surface area contributed by atoms with Crippen LogP contribution in [0.1, 0.15) is 48.8 Å². The fourth-order valence-corrected chi connectivity index (χ4v) is 3.88. The highest BCUT2D eigenvalue weighted by molar-refractivity contribution is 7.12. The Labute approximate surface area is 103 Å². The molecule has 0 radical (unpaired) electrons. The lowest BCUT2D eigenvalue weighted by Gasteiger charge is -2.35. The predicted molar refractivity (Wildman–Crippen MR) is 72.0 cm³/mol. The fraction of sp³-hybridized carbons (Fsp3) is 0.714. The summed E-state index contributed by atoms with van der Waals surface area (Å²) in [5.74, 6) is 2.28. The summed E-state index contributed by atoms with van der Waals surface area (Å²) in [5, 5.41) is 0. The Kier molecular flexibility index (Phi) is 3.70. The average molecular weight is 237 g/mol. The first-order chi connectivity index (χ1) is 7.58. The van der Waals surface area contributed by atoms with Gasteiger partial charge in [-0.1, -0.05) is 13.8 Å². The maximum atomic E-state index is 6.29. The first kappa shape index (κ1) is 12.1. The molecule has 0 bridgehead atoms. The van der Waals surface area contributed by atoms with Gasteiger partial charge >= 0.3 is 0 Å². The van der Waals surface area contributed by atoms with Crippen LogP contribution in [-0.4, -0.2) is 6.04 Å². The number of rotatable bonds is 2. The third-order valence-corrected chi connectivity index (χ3v) is 5.15. The van der Waals surface area contributed by atoms with E-state index in [-0.39, 0.29) is 0 Å². The van der Waals surface area contributed by atoms with Crippen LogP contribution >= 0.6 is 11.3 Å². The van der Waals surface area contributed by atoms with E-state index < -0.39 is 0 Å². The van der Waals surface area contributed by atoms with Gasteiger partial charge in [-0.15, -0.1) is 11.3 Å². The molecule has 0 saturated heterocycles. The average Bonchev–Trinajstić information content (AvgIpc) is 2.65. The summed E-state index contributed by atoms with van der Waals surface area (Å²) < 4.78 is 0. The molecule has 3 atom stereocenters. The second-order valence-corrected chi connectivity index (χ2v) is 6.86. The quantitative estimate of drug-likeness (QED) is 0.829. The topological polar surface area (TPSA) is 26.0 Å². The van der Waals surface area contributed by atoms with E-state index in [0.717, 1.165) is 11.8 Å². The van der Waals surface area contributed by atoms with E-state index in [1.807, 2.05) is 11.3 Å². The summed E-state index contributed by atoms with van der Waals surface area (Å²) in [5.41, 5.74) is 6.29. The lowest BCUT2D eigenvalue weighted by atomic mass is 9.73. The molecule has 16 heavy (non-hydrogen) atoms. The summed E-state index contributed by atoms with van der Waals surface area (Å²) in [7, 11) is 0. The molecule has 1 nitrogen and oxygen atoms in total. The SMILES string of the molecule is Cc1ccc(C2CC(C(C)C)CCC2N)s1. The first-order valence-electron chi connectivity index (χ1n) is 6.40. The van der Waals surface area contributed by atoms with Gasteiger partial charge in [0.25, 0.3) is 0 Å². The summed E-state index contributed by atoms with van der Waals surface area (Å²) >= 11 is 1.93. The van der Waals surface area contributed by atoms with Gasteiger partial charge in [0.05, 0.1) is 0 Å². The smallest absolute Gasteiger partial charge is 0.0116 e. The van der Waals surface area contributed by atoms with Crippen LogP contribution in [0.5, 0.6) is 0 Å². The third-order valence-electron chi connectivity index (χ3n) is 4.01. The van der Waals surface area contributed by atoms with E-state index in [1.165, 1.54) is 29.0 Å². The van der Waals surface area contributed by atoms with Gasteiger partial charge in [0.15, 0.2) is 0 Å². The summed E-state index contributed by atoms with van der Waals surface area (Å²) in [6, 6.07) is 4.90. The van der Waals surface area contributed by atoms with Crippen molar-refractivity contribution in [1.29, 1.82) is 0 Å². The second kappa shape index (κ2) is 4.89. The van der Waals surface area contributed by atoms with E-state index in [4.69, 9.17) is 5.73 Å². The molecule has 90 valence electrons. The maximum absolute atomic E-state index is 6.29. The molecule has 0 aromatic carbocycles. The number of thiophene rings is 1. The molecule has 1 heterocycles. The normalized spacial score (nSPS) is 30.9.